The number of benzene rings is 2. The number of hydrogen-bond acceptors (Lipinski definition) is 6. The van der Waals surface area contributed by atoms with E-state index in [0.717, 1.165) is 12.1 Å². The molecule has 7 nitrogen and oxygen atoms in total. The molecule has 37 heavy (non-hydrogen) atoms. The molecule has 1 unspecified atom stereocenters. The summed E-state index contributed by atoms with van der Waals surface area (Å²) in [6.07, 6.45) is 0.655. The van der Waals surface area contributed by atoms with Gasteiger partial charge >= 0.3 is 0 Å². The number of nitrogens with one attached hydrogen (secondary N) is 1. The van der Waals surface area contributed by atoms with E-state index in [-0.39, 0.29) is 46.6 Å². The first-order chi connectivity index (χ1) is 17.5. The highest BCUT2D eigenvalue weighted by atomic mass is 32.2. The summed E-state index contributed by atoms with van der Waals surface area (Å²) in [6, 6.07) is 11.4. The summed E-state index contributed by atoms with van der Waals surface area (Å²) in [5.41, 5.74) is 0.523. The number of aryl methyl sites for hydroxylation is 1. The molecule has 0 radical (unpaired) electrons. The Morgan fingerprint density at radius 2 is 1.76 bits per heavy atom. The van der Waals surface area contributed by atoms with Crippen LogP contribution < -0.4 is 10.1 Å². The largest absolute Gasteiger partial charge is 0.491 e. The van der Waals surface area contributed by atoms with E-state index in [1.807, 2.05) is 0 Å². The lowest BCUT2D eigenvalue weighted by Crippen LogP contribution is -2.38. The van der Waals surface area contributed by atoms with Crippen molar-refractivity contribution in [3.05, 3.63) is 82.5 Å². The second-order valence-electron chi connectivity index (χ2n) is 9.10. The third-order valence-corrected chi connectivity index (χ3v) is 8.47. The minimum absolute atomic E-state index is 0.00758. The van der Waals surface area contributed by atoms with Crippen LogP contribution in [0, 0.1) is 11.6 Å². The van der Waals surface area contributed by atoms with Gasteiger partial charge < -0.3 is 10.1 Å². The number of methoxy groups -OCH3 is 1. The van der Waals surface area contributed by atoms with Crippen LogP contribution in [0.3, 0.4) is 0 Å². The lowest BCUT2D eigenvalue weighted by atomic mass is 9.69. The van der Waals surface area contributed by atoms with E-state index in [0.29, 0.717) is 23.2 Å². The first-order valence-electron chi connectivity index (χ1n) is 11.7. The summed E-state index contributed by atoms with van der Waals surface area (Å²) in [5.74, 6) is -2.66. The number of ether oxygens (including phenoxy) is 1. The Labute approximate surface area is 213 Å². The number of carbonyl (C=O) groups excluding carboxylic acids is 2. The molecule has 0 saturated carbocycles. The van der Waals surface area contributed by atoms with Crippen molar-refractivity contribution in [1.82, 2.24) is 4.98 Å². The fourth-order valence-corrected chi connectivity index (χ4v) is 5.33. The van der Waals surface area contributed by atoms with Gasteiger partial charge in [-0.05, 0) is 67.3 Å². The minimum Gasteiger partial charge on any atom is -0.491 e. The Morgan fingerprint density at radius 3 is 2.35 bits per heavy atom. The van der Waals surface area contributed by atoms with Crippen LogP contribution in [0.5, 0.6) is 5.75 Å². The van der Waals surface area contributed by atoms with E-state index in [1.165, 1.54) is 25.3 Å². The Morgan fingerprint density at radius 1 is 1.11 bits per heavy atom. The van der Waals surface area contributed by atoms with E-state index in [2.05, 4.69) is 10.3 Å². The molecular formula is C27H26F2N2O5S. The van der Waals surface area contributed by atoms with Crippen LogP contribution >= 0.6 is 0 Å². The molecule has 194 valence electrons. The summed E-state index contributed by atoms with van der Waals surface area (Å²) >= 11 is 0. The Kier molecular flexibility index (Phi) is 7.14. The topological polar surface area (TPSA) is 102 Å². The molecule has 3 aromatic rings. The fraction of sp³-hybridized carbons (Fsp3) is 0.296. The minimum atomic E-state index is -3.32. The van der Waals surface area contributed by atoms with Crippen LogP contribution in [0.4, 0.5) is 14.6 Å². The van der Waals surface area contributed by atoms with Gasteiger partial charge in [-0.3, -0.25) is 9.59 Å². The highest BCUT2D eigenvalue weighted by molar-refractivity contribution is 7.91. The number of pyridine rings is 1. The van der Waals surface area contributed by atoms with Crippen LogP contribution in [0.1, 0.15) is 47.4 Å². The number of ketones is 1. The number of sulfone groups is 1. The van der Waals surface area contributed by atoms with Crippen molar-refractivity contribution in [3.63, 3.8) is 0 Å². The van der Waals surface area contributed by atoms with Crippen molar-refractivity contribution in [2.75, 3.05) is 18.2 Å². The van der Waals surface area contributed by atoms with Gasteiger partial charge in [-0.1, -0.05) is 19.1 Å². The van der Waals surface area contributed by atoms with Gasteiger partial charge in [0.1, 0.15) is 5.82 Å². The molecule has 1 aliphatic carbocycles. The predicted octanol–water partition coefficient (Wildman–Crippen LogP) is 4.43. The molecule has 0 spiro atoms. The molecule has 10 heteroatoms. The Balaban J connectivity index is 1.49. The summed E-state index contributed by atoms with van der Waals surface area (Å²) in [6.45, 7) is 3.21. The third kappa shape index (κ3) is 5.11. The Bertz CT molecular complexity index is 1470. The number of carbonyl (C=O) groups is 2. The van der Waals surface area contributed by atoms with Gasteiger partial charge in [0, 0.05) is 5.56 Å². The van der Waals surface area contributed by atoms with Crippen molar-refractivity contribution >= 4 is 27.3 Å². The highest BCUT2D eigenvalue weighted by Gasteiger charge is 2.41. The molecule has 1 amide bonds. The van der Waals surface area contributed by atoms with E-state index in [4.69, 9.17) is 4.74 Å². The second-order valence-corrected chi connectivity index (χ2v) is 11.4. The number of hydrogen-bond donors (Lipinski definition) is 1. The average molecular weight is 529 g/mol. The number of anilines is 1. The maximum Gasteiger partial charge on any atom is 0.229 e. The number of rotatable bonds is 7. The lowest BCUT2D eigenvalue weighted by molar-refractivity contribution is -0.115. The zero-order valence-electron chi connectivity index (χ0n) is 20.6. The van der Waals surface area contributed by atoms with Crippen LogP contribution in [0.25, 0.3) is 0 Å². The molecule has 1 aliphatic rings. The molecule has 0 fully saturated rings. The number of aromatic nitrogens is 1. The van der Waals surface area contributed by atoms with Crippen LogP contribution in [0.15, 0.2) is 53.4 Å². The van der Waals surface area contributed by atoms with Gasteiger partial charge in [-0.25, -0.2) is 22.2 Å². The Hall–Kier alpha value is -3.66. The van der Waals surface area contributed by atoms with E-state index in [9.17, 15) is 26.8 Å². The quantitative estimate of drug-likeness (QED) is 0.487. The molecule has 2 aromatic carbocycles. The monoisotopic (exact) mass is 528 g/mol. The van der Waals surface area contributed by atoms with Gasteiger partial charge in [-0.15, -0.1) is 0 Å². The van der Waals surface area contributed by atoms with Gasteiger partial charge in [0.25, 0.3) is 0 Å². The molecule has 0 bridgehead atoms. The first kappa shape index (κ1) is 26.4. The highest BCUT2D eigenvalue weighted by Crippen LogP contribution is 2.40. The van der Waals surface area contributed by atoms with E-state index < -0.39 is 32.6 Å². The standard InChI is InChI=1S/C27H26F2N2O5S/c1-4-37(34,35)18-7-5-16(6-8-18)13-24(32)31-23-10-9-19-22(30-23)11-12-27(2,26(19)33)17-14-20(28)25(36-3)21(29)15-17/h5-10,14-15H,4,11-13H2,1-3H3,(H,30,31,32). The molecule has 0 saturated heterocycles. The molecule has 1 atom stereocenters. The number of Topliss-reactive ketones (excluding diaryl/α,β-unsaturated/α-hetero) is 1. The first-order valence-corrected chi connectivity index (χ1v) is 13.3. The maximum absolute atomic E-state index is 14.3. The predicted molar refractivity (Wildman–Crippen MR) is 134 cm³/mol. The van der Waals surface area contributed by atoms with Gasteiger partial charge in [0.15, 0.2) is 33.0 Å². The molecule has 0 aliphatic heterocycles. The van der Waals surface area contributed by atoms with E-state index >= 15 is 0 Å². The molecule has 4 rings (SSSR count). The molecule has 1 N–H and O–H groups in total. The third-order valence-electron chi connectivity index (χ3n) is 6.72. The molecular weight excluding hydrogens is 502 g/mol. The van der Waals surface area contributed by atoms with Crippen LogP contribution in [-0.2, 0) is 32.9 Å². The van der Waals surface area contributed by atoms with Gasteiger partial charge in [0.2, 0.25) is 5.91 Å². The number of nitrogens with zero attached hydrogens (tertiary/aromatic N) is 1. The smallest absolute Gasteiger partial charge is 0.229 e. The van der Waals surface area contributed by atoms with Crippen molar-refractivity contribution in [2.45, 2.75) is 43.4 Å². The van der Waals surface area contributed by atoms with Crippen LogP contribution in [-0.4, -0.2) is 38.0 Å². The van der Waals surface area contributed by atoms with Gasteiger partial charge in [0.05, 0.1) is 35.3 Å². The van der Waals surface area contributed by atoms with Crippen LogP contribution in [0.2, 0.25) is 0 Å². The van der Waals surface area contributed by atoms with Gasteiger partial charge in [-0.2, -0.15) is 0 Å². The zero-order chi connectivity index (χ0) is 27.0. The second kappa shape index (κ2) is 10.0. The number of halogens is 2. The average Bonchev–Trinajstić information content (AvgIpc) is 2.86. The molecule has 1 aromatic heterocycles. The SMILES string of the molecule is CCS(=O)(=O)c1ccc(CC(=O)Nc2ccc3c(n2)CCC(C)(c2cc(F)c(OC)c(F)c2)C3=O)cc1. The van der Waals surface area contributed by atoms with Crippen molar-refractivity contribution < 1.29 is 31.5 Å². The number of amides is 1. The number of fused-ring (bicyclic) bond motifs is 1. The fourth-order valence-electron chi connectivity index (χ4n) is 4.45. The summed E-state index contributed by atoms with van der Waals surface area (Å²) in [5, 5.41) is 2.70. The lowest BCUT2D eigenvalue weighted by Gasteiger charge is -2.33. The van der Waals surface area contributed by atoms with Crippen molar-refractivity contribution in [3.8, 4) is 5.75 Å². The summed E-state index contributed by atoms with van der Waals surface area (Å²) in [7, 11) is -2.15. The summed E-state index contributed by atoms with van der Waals surface area (Å²) < 4.78 is 57.3. The van der Waals surface area contributed by atoms with Crippen molar-refractivity contribution in [1.29, 1.82) is 0 Å². The summed E-state index contributed by atoms with van der Waals surface area (Å²) in [4.78, 5) is 30.5. The van der Waals surface area contributed by atoms with Crippen molar-refractivity contribution in [2.24, 2.45) is 0 Å². The van der Waals surface area contributed by atoms with E-state index in [1.54, 1.807) is 32.0 Å². The maximum atomic E-state index is 14.3. The molecule has 1 heterocycles. The normalized spacial score (nSPS) is 17.3. The zero-order valence-corrected chi connectivity index (χ0v) is 21.4.